The fourth-order valence-electron chi connectivity index (χ4n) is 2.80. The Morgan fingerprint density at radius 2 is 1.85 bits per heavy atom. The molecular weight excluding hydrogens is 374 g/mol. The van der Waals surface area contributed by atoms with Crippen molar-refractivity contribution in [1.82, 2.24) is 8.87 Å². The molecule has 0 bridgehead atoms. The Morgan fingerprint density at radius 1 is 1.19 bits per heavy atom. The van der Waals surface area contributed by atoms with Crippen molar-refractivity contribution < 1.29 is 27.9 Å². The lowest BCUT2D eigenvalue weighted by Crippen LogP contribution is -2.40. The molecule has 1 amide bonds. The number of sulfonamides is 1. The number of hydrogen-bond acceptors (Lipinski definition) is 5. The van der Waals surface area contributed by atoms with E-state index in [4.69, 9.17) is 4.74 Å². The van der Waals surface area contributed by atoms with Crippen molar-refractivity contribution in [2.45, 2.75) is 4.90 Å². The molecule has 0 atom stereocenters. The van der Waals surface area contributed by atoms with E-state index in [0.29, 0.717) is 13.2 Å². The van der Waals surface area contributed by atoms with E-state index < -0.39 is 21.9 Å². The molecule has 2 aromatic rings. The summed E-state index contributed by atoms with van der Waals surface area (Å²) in [5, 5.41) is 11.7. The summed E-state index contributed by atoms with van der Waals surface area (Å²) in [4.78, 5) is 23.8. The van der Waals surface area contributed by atoms with Gasteiger partial charge in [0.15, 0.2) is 0 Å². The minimum atomic E-state index is -3.73. The summed E-state index contributed by atoms with van der Waals surface area (Å²) in [7, 11) is -2.18. The predicted molar refractivity (Wildman–Crippen MR) is 96.3 cm³/mol. The first-order valence-electron chi connectivity index (χ1n) is 8.18. The minimum absolute atomic E-state index is 0.00331. The molecular formula is C17H19N3O6S. The molecule has 3 rings (SSSR count). The first-order chi connectivity index (χ1) is 12.8. The first kappa shape index (κ1) is 19.1. The van der Waals surface area contributed by atoms with Crippen molar-refractivity contribution in [3.05, 3.63) is 47.8 Å². The summed E-state index contributed by atoms with van der Waals surface area (Å²) in [5.74, 6) is -1.78. The van der Waals surface area contributed by atoms with Crippen molar-refractivity contribution in [2.24, 2.45) is 7.05 Å². The van der Waals surface area contributed by atoms with Gasteiger partial charge in [-0.3, -0.25) is 4.79 Å². The van der Waals surface area contributed by atoms with Gasteiger partial charge >= 0.3 is 5.97 Å². The Bertz CT molecular complexity index is 976. The second-order valence-electron chi connectivity index (χ2n) is 5.99. The highest BCUT2D eigenvalue weighted by Gasteiger charge is 2.29. The zero-order chi connectivity index (χ0) is 19.6. The van der Waals surface area contributed by atoms with Crippen LogP contribution in [0.2, 0.25) is 0 Å². The summed E-state index contributed by atoms with van der Waals surface area (Å²) in [6.45, 7) is 1.16. The van der Waals surface area contributed by atoms with E-state index in [1.54, 1.807) is 19.2 Å². The zero-order valence-corrected chi connectivity index (χ0v) is 15.4. The molecule has 0 unspecified atom stereocenters. The third kappa shape index (κ3) is 3.87. The Labute approximate surface area is 156 Å². The number of hydrogen-bond donors (Lipinski definition) is 2. The topological polar surface area (TPSA) is 118 Å². The molecule has 0 saturated carbocycles. The monoisotopic (exact) mass is 393 g/mol. The molecule has 1 fully saturated rings. The average molecular weight is 393 g/mol. The Hall–Kier alpha value is -2.69. The highest BCUT2D eigenvalue weighted by Crippen LogP contribution is 2.21. The molecule has 1 aromatic heterocycles. The molecule has 2 N–H and O–H groups in total. The van der Waals surface area contributed by atoms with E-state index in [1.807, 2.05) is 0 Å². The Balaban J connectivity index is 1.86. The average Bonchev–Trinajstić information content (AvgIpc) is 3.05. The van der Waals surface area contributed by atoms with Gasteiger partial charge in [0.1, 0.15) is 10.6 Å². The van der Waals surface area contributed by atoms with Gasteiger partial charge in [-0.25, -0.2) is 13.2 Å². The largest absolute Gasteiger partial charge is 0.478 e. The van der Waals surface area contributed by atoms with Gasteiger partial charge in [-0.2, -0.15) is 4.31 Å². The molecule has 1 saturated heterocycles. The van der Waals surface area contributed by atoms with Crippen LogP contribution in [0.4, 0.5) is 5.69 Å². The number of carboxylic acid groups (broad SMARTS) is 1. The molecule has 1 aromatic carbocycles. The molecule has 0 aliphatic carbocycles. The number of morpholine rings is 1. The lowest BCUT2D eigenvalue weighted by molar-refractivity contribution is 0.0698. The summed E-state index contributed by atoms with van der Waals surface area (Å²) in [5.41, 5.74) is 0.178. The van der Waals surface area contributed by atoms with E-state index in [0.717, 1.165) is 0 Å². The normalized spacial score (nSPS) is 15.4. The molecule has 2 heterocycles. The lowest BCUT2D eigenvalue weighted by Gasteiger charge is -2.25. The number of amides is 1. The van der Waals surface area contributed by atoms with Crippen molar-refractivity contribution in [2.75, 3.05) is 31.6 Å². The summed E-state index contributed by atoms with van der Waals surface area (Å²) >= 11 is 0. The van der Waals surface area contributed by atoms with Gasteiger partial charge < -0.3 is 19.7 Å². The van der Waals surface area contributed by atoms with E-state index in [2.05, 4.69) is 5.32 Å². The fourth-order valence-corrected chi connectivity index (χ4v) is 4.28. The number of carbonyl (C=O) groups excluding carboxylic acids is 1. The van der Waals surface area contributed by atoms with Crippen molar-refractivity contribution in [1.29, 1.82) is 0 Å². The molecule has 1 aliphatic rings. The summed E-state index contributed by atoms with van der Waals surface area (Å²) in [6.07, 6.45) is 1.36. The Morgan fingerprint density at radius 3 is 2.52 bits per heavy atom. The highest BCUT2D eigenvalue weighted by molar-refractivity contribution is 7.89. The van der Waals surface area contributed by atoms with Gasteiger partial charge in [0.2, 0.25) is 10.0 Å². The SMILES string of the molecule is Cn1cc(S(=O)(=O)N2CCOCC2)cc1C(=O)Nc1ccccc1C(=O)O. The maximum Gasteiger partial charge on any atom is 0.337 e. The van der Waals surface area contributed by atoms with Crippen molar-refractivity contribution >= 4 is 27.6 Å². The van der Waals surface area contributed by atoms with E-state index >= 15 is 0 Å². The standard InChI is InChI=1S/C17H19N3O6S/c1-19-11-12(27(24,25)20-6-8-26-9-7-20)10-15(19)16(21)18-14-5-3-2-4-13(14)17(22)23/h2-5,10-11H,6-9H2,1H3,(H,18,21)(H,22,23). The lowest BCUT2D eigenvalue weighted by atomic mass is 10.2. The quantitative estimate of drug-likeness (QED) is 0.782. The number of aromatic nitrogens is 1. The summed E-state index contributed by atoms with van der Waals surface area (Å²) in [6, 6.07) is 7.27. The van der Waals surface area contributed by atoms with Crippen LogP contribution in [0, 0.1) is 0 Å². The van der Waals surface area contributed by atoms with Gasteiger partial charge in [0.25, 0.3) is 5.91 Å². The van der Waals surface area contributed by atoms with E-state index in [-0.39, 0.29) is 34.9 Å². The number of aromatic carboxylic acids is 1. The fraction of sp³-hybridized carbons (Fsp3) is 0.294. The van der Waals surface area contributed by atoms with Crippen LogP contribution in [-0.4, -0.2) is 60.6 Å². The van der Waals surface area contributed by atoms with Crippen LogP contribution in [0.1, 0.15) is 20.8 Å². The number of nitrogens with one attached hydrogen (secondary N) is 1. The van der Waals surface area contributed by atoms with Crippen LogP contribution < -0.4 is 5.32 Å². The third-order valence-corrected chi connectivity index (χ3v) is 6.09. The van der Waals surface area contributed by atoms with Crippen LogP contribution >= 0.6 is 0 Å². The Kier molecular flexibility index (Phi) is 5.31. The second kappa shape index (κ2) is 7.51. The number of anilines is 1. The highest BCUT2D eigenvalue weighted by atomic mass is 32.2. The van der Waals surface area contributed by atoms with Gasteiger partial charge in [-0.15, -0.1) is 0 Å². The summed E-state index contributed by atoms with van der Waals surface area (Å²) < 4.78 is 33.3. The molecule has 10 heteroatoms. The second-order valence-corrected chi connectivity index (χ2v) is 7.93. The number of ether oxygens (including phenoxy) is 1. The molecule has 0 spiro atoms. The number of rotatable bonds is 5. The predicted octanol–water partition coefficient (Wildman–Crippen LogP) is 0.996. The number of aryl methyl sites for hydroxylation is 1. The maximum atomic E-state index is 12.7. The van der Waals surface area contributed by atoms with E-state index in [1.165, 1.54) is 33.3 Å². The zero-order valence-electron chi connectivity index (χ0n) is 14.6. The first-order valence-corrected chi connectivity index (χ1v) is 9.62. The molecule has 1 aliphatic heterocycles. The molecule has 9 nitrogen and oxygen atoms in total. The number of carboxylic acids is 1. The van der Waals surface area contributed by atoms with E-state index in [9.17, 15) is 23.1 Å². The number of para-hydroxylation sites is 1. The third-order valence-electron chi connectivity index (χ3n) is 4.23. The maximum absolute atomic E-state index is 12.7. The van der Waals surface area contributed by atoms with Crippen molar-refractivity contribution in [3.63, 3.8) is 0 Å². The van der Waals surface area contributed by atoms with Crippen LogP contribution in [0.3, 0.4) is 0 Å². The van der Waals surface area contributed by atoms with Gasteiger partial charge in [0.05, 0.1) is 24.5 Å². The number of nitrogens with zero attached hydrogens (tertiary/aromatic N) is 2. The minimum Gasteiger partial charge on any atom is -0.478 e. The van der Waals surface area contributed by atoms with Gasteiger partial charge in [-0.05, 0) is 18.2 Å². The molecule has 144 valence electrons. The smallest absolute Gasteiger partial charge is 0.337 e. The van der Waals surface area contributed by atoms with Gasteiger partial charge in [0, 0.05) is 26.3 Å². The van der Waals surface area contributed by atoms with Gasteiger partial charge in [-0.1, -0.05) is 12.1 Å². The molecule has 0 radical (unpaired) electrons. The number of carbonyl (C=O) groups is 2. The van der Waals surface area contributed by atoms with Crippen LogP contribution in [0.5, 0.6) is 0 Å². The van der Waals surface area contributed by atoms with Crippen LogP contribution in [-0.2, 0) is 21.8 Å². The van der Waals surface area contributed by atoms with Crippen molar-refractivity contribution in [3.8, 4) is 0 Å². The number of benzene rings is 1. The van der Waals surface area contributed by atoms with Crippen LogP contribution in [0.15, 0.2) is 41.4 Å². The van der Waals surface area contributed by atoms with Crippen LogP contribution in [0.25, 0.3) is 0 Å². The molecule has 27 heavy (non-hydrogen) atoms.